The van der Waals surface area contributed by atoms with Gasteiger partial charge in [0.05, 0.1) is 19.7 Å². The van der Waals surface area contributed by atoms with Gasteiger partial charge in [-0.3, -0.25) is 0 Å². The zero-order valence-electron chi connectivity index (χ0n) is 14.0. The van der Waals surface area contributed by atoms with Crippen LogP contribution in [0.15, 0.2) is 0 Å². The lowest BCUT2D eigenvalue weighted by Crippen LogP contribution is -2.40. The molecule has 4 rings (SSSR count). The lowest BCUT2D eigenvalue weighted by Gasteiger charge is -2.32. The minimum atomic E-state index is -0.204. The summed E-state index contributed by atoms with van der Waals surface area (Å²) in [5.74, 6) is 0.493. The molecule has 0 N–H and O–H groups in total. The maximum Gasteiger partial charge on any atom is 0.0653 e. The average Bonchev–Trinajstić information content (AvgIpc) is 3.32. The van der Waals surface area contributed by atoms with Gasteiger partial charge in [-0.05, 0) is 51.4 Å². The lowest BCUT2D eigenvalue weighted by atomic mass is 9.86. The highest BCUT2D eigenvalue weighted by atomic mass is 16.5. The van der Waals surface area contributed by atoms with Crippen LogP contribution in [0, 0.1) is 5.92 Å². The van der Waals surface area contributed by atoms with E-state index in [0.29, 0.717) is 24.2 Å². The van der Waals surface area contributed by atoms with Crippen LogP contribution >= 0.6 is 0 Å². The van der Waals surface area contributed by atoms with Crippen LogP contribution in [0.4, 0.5) is 0 Å². The number of rotatable bonds is 3. The van der Waals surface area contributed by atoms with Gasteiger partial charge in [-0.1, -0.05) is 7.43 Å². The van der Waals surface area contributed by atoms with Crippen LogP contribution in [0.5, 0.6) is 0 Å². The predicted molar refractivity (Wildman–Crippen MR) is 87.2 cm³/mol. The van der Waals surface area contributed by atoms with Crippen molar-refractivity contribution in [1.82, 2.24) is 0 Å². The fourth-order valence-corrected chi connectivity index (χ4v) is 3.85. The summed E-state index contributed by atoms with van der Waals surface area (Å²) in [6.07, 6.45) is 10.4. The smallest absolute Gasteiger partial charge is 0.0653 e. The van der Waals surface area contributed by atoms with Gasteiger partial charge < -0.3 is 18.9 Å². The first-order chi connectivity index (χ1) is 10.8. The quantitative estimate of drug-likeness (QED) is 0.797. The second kappa shape index (κ2) is 9.86. The van der Waals surface area contributed by atoms with Crippen molar-refractivity contribution in [2.45, 2.75) is 77.1 Å². The van der Waals surface area contributed by atoms with Crippen molar-refractivity contribution in [3.8, 4) is 0 Å². The molecule has 4 heteroatoms. The largest absolute Gasteiger partial charge is 0.381 e. The molecule has 0 aliphatic carbocycles. The Labute approximate surface area is 137 Å². The summed E-state index contributed by atoms with van der Waals surface area (Å²) >= 11 is 0. The molecule has 0 bridgehead atoms. The van der Waals surface area contributed by atoms with E-state index >= 15 is 0 Å². The van der Waals surface area contributed by atoms with Crippen molar-refractivity contribution in [2.75, 3.05) is 33.0 Å². The van der Waals surface area contributed by atoms with Crippen LogP contribution in [0.25, 0.3) is 0 Å². The zero-order chi connectivity index (χ0) is 15.2. The van der Waals surface area contributed by atoms with E-state index in [1.807, 2.05) is 0 Å². The first kappa shape index (κ1) is 16.7. The van der Waals surface area contributed by atoms with Crippen LogP contribution in [-0.4, -0.2) is 51.3 Å². The molecule has 0 aromatic carbocycles. The van der Waals surface area contributed by atoms with Gasteiger partial charge in [-0.15, -0.1) is 0 Å². The molecule has 0 aromatic rings. The molecule has 4 atom stereocenters. The molecule has 4 saturated heterocycles. The number of ether oxygens (including phenoxy) is 4. The fraction of sp³-hybridized carbons (Fsp3) is 1.00. The second-order valence-corrected chi connectivity index (χ2v) is 6.41. The molecule has 4 unspecified atom stereocenters. The topological polar surface area (TPSA) is 36.9 Å². The van der Waals surface area contributed by atoms with Gasteiger partial charge in [-0.25, -0.2) is 0 Å². The van der Waals surface area contributed by atoms with Gasteiger partial charge in [0.1, 0.15) is 0 Å². The summed E-state index contributed by atoms with van der Waals surface area (Å²) < 4.78 is 29.4. The Balaban J connectivity index is 0.000000234. The van der Waals surface area contributed by atoms with E-state index in [4.69, 9.17) is 20.3 Å². The highest BCUT2D eigenvalue weighted by molar-refractivity contribution is 4.90. The monoisotopic (exact) mass is 316 g/mol. The Hall–Kier alpha value is -0.160. The van der Waals surface area contributed by atoms with Crippen molar-refractivity contribution in [3.05, 3.63) is 0 Å². The predicted octanol–water partition coefficient (Wildman–Crippen LogP) is 3.57. The Morgan fingerprint density at radius 3 is 1.41 bits per heavy atom. The third-order valence-corrected chi connectivity index (χ3v) is 4.88. The molecule has 4 aliphatic rings. The maximum absolute atomic E-state index is 6.91. The fourth-order valence-electron chi connectivity index (χ4n) is 3.85. The van der Waals surface area contributed by atoms with Gasteiger partial charge >= 0.3 is 0 Å². The molecular weight excluding hydrogens is 280 g/mol. The maximum atomic E-state index is 6.91. The second-order valence-electron chi connectivity index (χ2n) is 6.41. The number of hydrogen-bond donors (Lipinski definition) is 0. The van der Waals surface area contributed by atoms with Crippen molar-refractivity contribution >= 4 is 0 Å². The summed E-state index contributed by atoms with van der Waals surface area (Å²) in [7, 11) is 0. The standard InChI is InChI=1S/C13H22O3.C4H8O.CH4/c1-4-10(14-7-1)13(11-5-2-8-15-11)12-6-3-9-16-12;1-2-4-5-3-1;/h10-13H,1-9H2;1-4H2;1H4/i;3T;. The molecule has 0 radical (unpaired) electrons. The molecule has 4 fully saturated rings. The molecule has 130 valence electrons. The van der Waals surface area contributed by atoms with Crippen LogP contribution in [0.1, 0.15) is 60.2 Å². The zero-order valence-corrected chi connectivity index (χ0v) is 13.0. The van der Waals surface area contributed by atoms with Gasteiger partial charge in [0.25, 0.3) is 0 Å². The Bertz CT molecular complexity index is 266. The average molecular weight is 316 g/mol. The Morgan fingerprint density at radius 1 is 0.682 bits per heavy atom. The van der Waals surface area contributed by atoms with E-state index in [-0.39, 0.29) is 14.0 Å². The summed E-state index contributed by atoms with van der Waals surface area (Å²) in [6, 6.07) is 0. The minimum absolute atomic E-state index is 0. The molecule has 4 heterocycles. The van der Waals surface area contributed by atoms with Gasteiger partial charge in [0.2, 0.25) is 0 Å². The molecule has 4 aliphatic heterocycles. The lowest BCUT2D eigenvalue weighted by molar-refractivity contribution is -0.0795. The van der Waals surface area contributed by atoms with E-state index in [2.05, 4.69) is 0 Å². The van der Waals surface area contributed by atoms with E-state index in [9.17, 15) is 0 Å². The first-order valence-electron chi connectivity index (χ1n) is 9.31. The summed E-state index contributed by atoms with van der Waals surface area (Å²) in [6.45, 7) is 3.39. The van der Waals surface area contributed by atoms with Crippen LogP contribution in [0.3, 0.4) is 0 Å². The van der Waals surface area contributed by atoms with E-state index in [0.717, 1.165) is 39.3 Å². The molecule has 4 nitrogen and oxygen atoms in total. The van der Waals surface area contributed by atoms with Crippen molar-refractivity contribution in [3.63, 3.8) is 0 Å². The van der Waals surface area contributed by atoms with Gasteiger partial charge in [0, 0.05) is 38.9 Å². The highest BCUT2D eigenvalue weighted by Gasteiger charge is 2.41. The summed E-state index contributed by atoms with van der Waals surface area (Å²) in [4.78, 5) is 0. The summed E-state index contributed by atoms with van der Waals surface area (Å²) in [5.41, 5.74) is 0. The van der Waals surface area contributed by atoms with Crippen LogP contribution in [-0.2, 0) is 18.9 Å². The molecule has 0 amide bonds. The molecule has 0 spiro atoms. The van der Waals surface area contributed by atoms with Gasteiger partial charge in [0.15, 0.2) is 0 Å². The Morgan fingerprint density at radius 2 is 1.18 bits per heavy atom. The number of hydrogen-bond acceptors (Lipinski definition) is 4. The SMILES string of the molecule is C.C1COC(C(C2CCCO2)C2CCCO2)C1.[3H]C1CCCO1. The van der Waals surface area contributed by atoms with Crippen molar-refractivity contribution in [1.29, 1.82) is 0 Å². The van der Waals surface area contributed by atoms with Crippen molar-refractivity contribution < 1.29 is 20.3 Å². The third-order valence-electron chi connectivity index (χ3n) is 4.88. The molecule has 22 heavy (non-hydrogen) atoms. The van der Waals surface area contributed by atoms with E-state index in [1.54, 1.807) is 0 Å². The molecule has 0 aromatic heterocycles. The molecule has 0 saturated carbocycles. The van der Waals surface area contributed by atoms with Crippen molar-refractivity contribution in [2.24, 2.45) is 5.92 Å². The highest BCUT2D eigenvalue weighted by Crippen LogP contribution is 2.36. The molecular formula is C18H34O4. The van der Waals surface area contributed by atoms with Crippen LogP contribution < -0.4 is 0 Å². The van der Waals surface area contributed by atoms with E-state index in [1.165, 1.54) is 38.5 Å². The normalized spacial score (nSPS) is 39.7. The van der Waals surface area contributed by atoms with Gasteiger partial charge in [-0.2, -0.15) is 0 Å². The Kier molecular flexibility index (Phi) is 7.48. The minimum Gasteiger partial charge on any atom is -0.381 e. The van der Waals surface area contributed by atoms with Crippen LogP contribution in [0.2, 0.25) is 0 Å². The third kappa shape index (κ3) is 4.92. The summed E-state index contributed by atoms with van der Waals surface area (Å²) in [5, 5.41) is 0. The first-order valence-corrected chi connectivity index (χ1v) is 8.73. The van der Waals surface area contributed by atoms with E-state index < -0.39 is 0 Å².